The summed E-state index contributed by atoms with van der Waals surface area (Å²) >= 11 is 0. The average Bonchev–Trinajstić information content (AvgIpc) is 3.07. The third kappa shape index (κ3) is 9.32. The summed E-state index contributed by atoms with van der Waals surface area (Å²) in [6, 6.07) is 11.2. The molecule has 8 N–H and O–H groups in total. The summed E-state index contributed by atoms with van der Waals surface area (Å²) in [7, 11) is 1.24. The van der Waals surface area contributed by atoms with Gasteiger partial charge in [-0.15, -0.1) is 0 Å². The van der Waals surface area contributed by atoms with Gasteiger partial charge in [0.05, 0.1) is 0 Å². The summed E-state index contributed by atoms with van der Waals surface area (Å²) in [6.07, 6.45) is 0.562. The number of nitrogens with one attached hydrogen (secondary N) is 1. The fourth-order valence-corrected chi connectivity index (χ4v) is 4.98. The second-order valence-corrected chi connectivity index (χ2v) is 11.1. The van der Waals surface area contributed by atoms with E-state index in [1.165, 1.54) is 67.7 Å². The lowest BCUT2D eigenvalue weighted by Gasteiger charge is -2.42. The van der Waals surface area contributed by atoms with Crippen molar-refractivity contribution in [3.8, 4) is 34.5 Å². The summed E-state index contributed by atoms with van der Waals surface area (Å²) in [4.78, 5) is 51.8. The fraction of sp³-hybridized carbons (Fsp3) is 0.200. The molecule has 0 bridgehead atoms. The molecule has 3 unspecified atom stereocenters. The first-order chi connectivity index (χ1) is 23.7. The number of aliphatic hydroxyl groups is 1. The predicted octanol–water partition coefficient (Wildman–Crippen LogP) is 2.37. The second kappa shape index (κ2) is 15.6. The zero-order valence-corrected chi connectivity index (χ0v) is 26.3. The number of carbonyl (C=O) groups excluding carboxylic acids is 4. The first kappa shape index (κ1) is 36.4. The van der Waals surface area contributed by atoms with Crippen molar-refractivity contribution in [2.75, 3.05) is 7.05 Å². The molecule has 0 saturated heterocycles. The van der Waals surface area contributed by atoms with Crippen molar-refractivity contribution in [1.82, 2.24) is 5.32 Å². The molecule has 0 aliphatic heterocycles. The third-order valence-electron chi connectivity index (χ3n) is 7.48. The van der Waals surface area contributed by atoms with Gasteiger partial charge in [0.1, 0.15) is 17.8 Å². The van der Waals surface area contributed by atoms with E-state index in [4.69, 9.17) is 14.2 Å². The summed E-state index contributed by atoms with van der Waals surface area (Å²) in [6.45, 7) is 0. The molecule has 262 valence electrons. The van der Waals surface area contributed by atoms with E-state index in [9.17, 15) is 54.9 Å². The van der Waals surface area contributed by atoms with Crippen molar-refractivity contribution < 1.29 is 69.1 Å². The minimum Gasteiger partial charge on any atom is -0.504 e. The summed E-state index contributed by atoms with van der Waals surface area (Å²) in [5, 5.41) is 71.5. The van der Waals surface area contributed by atoms with Gasteiger partial charge in [-0.2, -0.15) is 0 Å². The lowest BCUT2D eigenvalue weighted by Crippen LogP contribution is -2.61. The Hall–Kier alpha value is -6.48. The largest absolute Gasteiger partial charge is 0.504 e. The van der Waals surface area contributed by atoms with Crippen LogP contribution in [0, 0.1) is 0 Å². The highest BCUT2D eigenvalue weighted by atomic mass is 16.6. The number of aromatic hydroxyl groups is 6. The van der Waals surface area contributed by atoms with Crippen molar-refractivity contribution in [3.05, 3.63) is 89.5 Å². The molecule has 3 aromatic carbocycles. The van der Waals surface area contributed by atoms with Crippen LogP contribution in [0.2, 0.25) is 0 Å². The molecular formula is C35H33NO14. The standard InChI is InChI=1S/C35H33NO14/c1-36-34(46)35(47)17-28(48-30(43)11-5-19-2-8-22(37)25(40)14-19)33(50-32(45)13-7-21-4-10-24(39)27(42)16-21)29(18-35)49-31(44)12-6-20-3-9-23(38)26(41)15-20/h2-16,28-29,33,37-42,47H,17-18H2,1H3,(H,36,46)/b11-5+,12-6+,13-7+/t28-,29?,33?,35?/m1/s1. The fourth-order valence-electron chi connectivity index (χ4n) is 4.98. The van der Waals surface area contributed by atoms with E-state index in [0.29, 0.717) is 0 Å². The maximum Gasteiger partial charge on any atom is 0.331 e. The molecule has 4 atom stereocenters. The van der Waals surface area contributed by atoms with Gasteiger partial charge in [0.2, 0.25) is 0 Å². The summed E-state index contributed by atoms with van der Waals surface area (Å²) in [5.41, 5.74) is -1.42. The molecule has 50 heavy (non-hydrogen) atoms. The Morgan fingerprint density at radius 3 is 1.26 bits per heavy atom. The number of esters is 3. The Kier molecular flexibility index (Phi) is 11.4. The topological polar surface area (TPSA) is 250 Å². The van der Waals surface area contributed by atoms with Crippen molar-refractivity contribution in [2.24, 2.45) is 0 Å². The van der Waals surface area contributed by atoms with E-state index in [1.807, 2.05) is 0 Å². The lowest BCUT2D eigenvalue weighted by molar-refractivity contribution is -0.205. The molecule has 1 amide bonds. The quantitative estimate of drug-likeness (QED) is 0.0658. The third-order valence-corrected chi connectivity index (χ3v) is 7.48. The van der Waals surface area contributed by atoms with Gasteiger partial charge in [-0.1, -0.05) is 18.2 Å². The van der Waals surface area contributed by atoms with Gasteiger partial charge in [0, 0.05) is 38.1 Å². The van der Waals surface area contributed by atoms with E-state index in [2.05, 4.69) is 5.32 Å². The number of benzene rings is 3. The number of carbonyl (C=O) groups is 4. The van der Waals surface area contributed by atoms with Crippen LogP contribution < -0.4 is 5.32 Å². The Bertz CT molecular complexity index is 1780. The number of ether oxygens (including phenoxy) is 3. The first-order valence-electron chi connectivity index (χ1n) is 14.8. The SMILES string of the molecule is CNC(=O)C1(O)CC(OC(=O)/C=C/c2ccc(O)c(O)c2)C(OC(=O)/C=C/c2ccc(O)c(O)c2)[C@H](OC(=O)/C=C/c2ccc(O)c(O)c2)C1. The zero-order chi connectivity index (χ0) is 36.6. The van der Waals surface area contributed by atoms with Crippen LogP contribution in [0.3, 0.4) is 0 Å². The smallest absolute Gasteiger partial charge is 0.331 e. The molecule has 4 rings (SSSR count). The molecule has 0 aromatic heterocycles. The molecule has 3 aromatic rings. The number of phenols is 6. The highest BCUT2D eigenvalue weighted by Gasteiger charge is 2.53. The highest BCUT2D eigenvalue weighted by Crippen LogP contribution is 2.36. The van der Waals surface area contributed by atoms with Crippen LogP contribution in [-0.4, -0.2) is 90.5 Å². The monoisotopic (exact) mass is 691 g/mol. The lowest BCUT2D eigenvalue weighted by atomic mass is 9.78. The van der Waals surface area contributed by atoms with Gasteiger partial charge in [-0.05, 0) is 71.3 Å². The molecule has 15 heteroatoms. The Labute approximate surface area is 284 Å². The predicted molar refractivity (Wildman–Crippen MR) is 174 cm³/mol. The normalized spacial score (nSPS) is 20.5. The van der Waals surface area contributed by atoms with Crippen molar-refractivity contribution in [1.29, 1.82) is 0 Å². The van der Waals surface area contributed by atoms with E-state index >= 15 is 0 Å². The number of amides is 1. The second-order valence-electron chi connectivity index (χ2n) is 11.1. The molecule has 0 spiro atoms. The maximum atomic E-state index is 13.0. The van der Waals surface area contributed by atoms with E-state index in [-0.39, 0.29) is 16.7 Å². The Balaban J connectivity index is 1.64. The number of likely N-dealkylation sites (N-methyl/N-ethyl adjacent to an activating group) is 1. The van der Waals surface area contributed by atoms with E-state index in [0.717, 1.165) is 30.4 Å². The van der Waals surface area contributed by atoms with Crippen LogP contribution >= 0.6 is 0 Å². The van der Waals surface area contributed by atoms with Gasteiger partial charge in [0.15, 0.2) is 40.6 Å². The van der Waals surface area contributed by atoms with Crippen LogP contribution in [0.5, 0.6) is 34.5 Å². The van der Waals surface area contributed by atoms with Crippen molar-refractivity contribution in [3.63, 3.8) is 0 Å². The molecule has 15 nitrogen and oxygen atoms in total. The molecule has 0 heterocycles. The molecule has 0 radical (unpaired) electrons. The van der Waals surface area contributed by atoms with Crippen LogP contribution in [0.1, 0.15) is 29.5 Å². The maximum absolute atomic E-state index is 13.0. The average molecular weight is 692 g/mol. The number of hydrogen-bond donors (Lipinski definition) is 8. The van der Waals surface area contributed by atoms with Crippen LogP contribution in [0.25, 0.3) is 18.2 Å². The Morgan fingerprint density at radius 2 is 0.940 bits per heavy atom. The van der Waals surface area contributed by atoms with Crippen LogP contribution in [0.4, 0.5) is 0 Å². The molecule has 1 saturated carbocycles. The van der Waals surface area contributed by atoms with Gasteiger partial charge < -0.3 is 55.3 Å². The number of hydrogen-bond acceptors (Lipinski definition) is 14. The number of rotatable bonds is 10. The first-order valence-corrected chi connectivity index (χ1v) is 14.8. The number of phenolic OH excluding ortho intramolecular Hbond substituents is 6. The van der Waals surface area contributed by atoms with Crippen LogP contribution in [-0.2, 0) is 33.4 Å². The van der Waals surface area contributed by atoms with E-state index < -0.39 is 95.1 Å². The summed E-state index contributed by atoms with van der Waals surface area (Å²) in [5.74, 6) is -6.57. The highest BCUT2D eigenvalue weighted by molar-refractivity contribution is 5.90. The van der Waals surface area contributed by atoms with Crippen molar-refractivity contribution in [2.45, 2.75) is 36.8 Å². The molecule has 1 aliphatic rings. The van der Waals surface area contributed by atoms with Crippen molar-refractivity contribution >= 4 is 42.0 Å². The Morgan fingerprint density at radius 1 is 0.600 bits per heavy atom. The van der Waals surface area contributed by atoms with Crippen LogP contribution in [0.15, 0.2) is 72.8 Å². The molecule has 1 fully saturated rings. The zero-order valence-electron chi connectivity index (χ0n) is 26.3. The minimum atomic E-state index is -2.29. The van der Waals surface area contributed by atoms with Gasteiger partial charge in [-0.3, -0.25) is 4.79 Å². The van der Waals surface area contributed by atoms with E-state index in [1.54, 1.807) is 0 Å². The van der Waals surface area contributed by atoms with Gasteiger partial charge in [0.25, 0.3) is 5.91 Å². The molecule has 1 aliphatic carbocycles. The van der Waals surface area contributed by atoms with Gasteiger partial charge >= 0.3 is 17.9 Å². The summed E-state index contributed by atoms with van der Waals surface area (Å²) < 4.78 is 16.6. The van der Waals surface area contributed by atoms with Gasteiger partial charge in [-0.25, -0.2) is 14.4 Å². The minimum absolute atomic E-state index is 0.289. The molecular weight excluding hydrogens is 658 g/mol.